The van der Waals surface area contributed by atoms with Crippen molar-refractivity contribution < 1.29 is 23.6 Å². The van der Waals surface area contributed by atoms with Crippen molar-refractivity contribution in [3.63, 3.8) is 0 Å². The third kappa shape index (κ3) is 5.44. The normalized spacial score (nSPS) is 10.6. The molecule has 168 valence electrons. The highest BCUT2D eigenvalue weighted by atomic mass is 79.9. The monoisotopic (exact) mass is 511 g/mol. The number of rotatable bonds is 7. The maximum absolute atomic E-state index is 12.6. The minimum Gasteiger partial charge on any atom is -0.459 e. The molecule has 0 aliphatic heterocycles. The van der Waals surface area contributed by atoms with Crippen LogP contribution in [0.4, 0.5) is 5.82 Å². The van der Waals surface area contributed by atoms with Crippen LogP contribution in [0.15, 0.2) is 63.7 Å². The number of benzene rings is 2. The Morgan fingerprint density at radius 1 is 1.12 bits per heavy atom. The Balaban J connectivity index is 1.47. The molecule has 33 heavy (non-hydrogen) atoms. The number of aryl methyl sites for hydroxylation is 1. The van der Waals surface area contributed by atoms with Crippen molar-refractivity contribution >= 4 is 33.6 Å². The third-order valence-corrected chi connectivity index (χ3v) is 4.77. The minimum atomic E-state index is -0.672. The summed E-state index contributed by atoms with van der Waals surface area (Å²) in [6.07, 6.45) is 1.74. The molecule has 0 spiro atoms. The SMILES string of the molecule is CCOC(=O)c1nc(-c2ccc(Oc3cc(Br)cc(C(=O)Nc4ccn(C)n4)c3)cc2)no1. The zero-order valence-corrected chi connectivity index (χ0v) is 19.2. The number of amides is 1. The van der Waals surface area contributed by atoms with Crippen LogP contribution < -0.4 is 10.1 Å². The largest absolute Gasteiger partial charge is 0.459 e. The fraction of sp³-hybridized carbons (Fsp3) is 0.136. The van der Waals surface area contributed by atoms with Crippen molar-refractivity contribution in [2.24, 2.45) is 7.05 Å². The summed E-state index contributed by atoms with van der Waals surface area (Å²) < 4.78 is 18.0. The number of carbonyl (C=O) groups is 2. The summed E-state index contributed by atoms with van der Waals surface area (Å²) in [5, 5.41) is 10.7. The summed E-state index contributed by atoms with van der Waals surface area (Å²) >= 11 is 3.41. The molecular weight excluding hydrogens is 494 g/mol. The first-order chi connectivity index (χ1) is 15.9. The highest BCUT2D eigenvalue weighted by Crippen LogP contribution is 2.28. The van der Waals surface area contributed by atoms with Gasteiger partial charge in [-0.3, -0.25) is 9.48 Å². The molecule has 0 saturated heterocycles. The van der Waals surface area contributed by atoms with Crippen molar-refractivity contribution in [2.45, 2.75) is 6.92 Å². The van der Waals surface area contributed by atoms with Crippen molar-refractivity contribution in [1.29, 1.82) is 0 Å². The van der Waals surface area contributed by atoms with E-state index in [-0.39, 0.29) is 24.2 Å². The van der Waals surface area contributed by atoms with Crippen LogP contribution in [0.2, 0.25) is 0 Å². The number of hydrogen-bond donors (Lipinski definition) is 1. The predicted molar refractivity (Wildman–Crippen MR) is 121 cm³/mol. The smallest absolute Gasteiger partial charge is 0.397 e. The van der Waals surface area contributed by atoms with Gasteiger partial charge in [0.2, 0.25) is 5.82 Å². The molecule has 0 saturated carbocycles. The number of hydrogen-bond acceptors (Lipinski definition) is 8. The standard InChI is InChI=1S/C22H18BrN5O5/c1-3-31-22(30)21-25-19(27-33-21)13-4-6-16(7-5-13)32-17-11-14(10-15(23)12-17)20(29)24-18-8-9-28(2)26-18/h4-12H,3H2,1-2H3,(H,24,26,29). The molecule has 2 heterocycles. The second-order valence-corrected chi connectivity index (χ2v) is 7.69. The number of esters is 1. The van der Waals surface area contributed by atoms with Gasteiger partial charge in [0.05, 0.1) is 6.61 Å². The van der Waals surface area contributed by atoms with Crippen LogP contribution in [0.25, 0.3) is 11.4 Å². The fourth-order valence-electron chi connectivity index (χ4n) is 2.85. The van der Waals surface area contributed by atoms with Crippen LogP contribution >= 0.6 is 15.9 Å². The lowest BCUT2D eigenvalue weighted by atomic mass is 10.2. The molecule has 4 rings (SSSR count). The van der Waals surface area contributed by atoms with Crippen LogP contribution in [0.1, 0.15) is 28.0 Å². The fourth-order valence-corrected chi connectivity index (χ4v) is 3.32. The molecule has 11 heteroatoms. The van der Waals surface area contributed by atoms with Gasteiger partial charge in [-0.25, -0.2) is 4.79 Å². The molecule has 0 atom stereocenters. The van der Waals surface area contributed by atoms with Gasteiger partial charge >= 0.3 is 11.9 Å². The van der Waals surface area contributed by atoms with E-state index in [0.717, 1.165) is 0 Å². The van der Waals surface area contributed by atoms with E-state index in [0.29, 0.717) is 32.9 Å². The molecule has 2 aromatic carbocycles. The molecule has 0 bridgehead atoms. The van der Waals surface area contributed by atoms with Gasteiger partial charge in [0.25, 0.3) is 5.91 Å². The zero-order valence-electron chi connectivity index (χ0n) is 17.6. The van der Waals surface area contributed by atoms with Gasteiger partial charge < -0.3 is 19.3 Å². The summed E-state index contributed by atoms with van der Waals surface area (Å²) in [6, 6.07) is 13.6. The van der Waals surface area contributed by atoms with E-state index in [1.165, 1.54) is 0 Å². The van der Waals surface area contributed by atoms with E-state index in [1.807, 2.05) is 0 Å². The van der Waals surface area contributed by atoms with Crippen molar-refractivity contribution in [2.75, 3.05) is 11.9 Å². The second-order valence-electron chi connectivity index (χ2n) is 6.77. The lowest BCUT2D eigenvalue weighted by Crippen LogP contribution is -2.12. The highest BCUT2D eigenvalue weighted by molar-refractivity contribution is 9.10. The number of ether oxygens (including phenoxy) is 2. The Kier molecular flexibility index (Phi) is 6.50. The average Bonchev–Trinajstić information content (AvgIpc) is 3.43. The van der Waals surface area contributed by atoms with E-state index in [2.05, 4.69) is 36.5 Å². The molecule has 4 aromatic rings. The van der Waals surface area contributed by atoms with Gasteiger partial charge in [-0.2, -0.15) is 10.1 Å². The Morgan fingerprint density at radius 2 is 1.91 bits per heavy atom. The molecule has 0 aliphatic rings. The summed E-state index contributed by atoms with van der Waals surface area (Å²) in [5.74, 6) is 0.499. The third-order valence-electron chi connectivity index (χ3n) is 4.31. The number of aromatic nitrogens is 4. The van der Waals surface area contributed by atoms with Gasteiger partial charge in [-0.15, -0.1) is 0 Å². The van der Waals surface area contributed by atoms with Crippen LogP contribution in [0.5, 0.6) is 11.5 Å². The number of carbonyl (C=O) groups excluding carboxylic acids is 2. The van der Waals surface area contributed by atoms with Gasteiger partial charge in [0, 0.05) is 34.9 Å². The molecule has 1 amide bonds. The average molecular weight is 512 g/mol. The first-order valence-electron chi connectivity index (χ1n) is 9.82. The number of nitrogens with one attached hydrogen (secondary N) is 1. The summed E-state index contributed by atoms with van der Waals surface area (Å²) in [7, 11) is 1.77. The van der Waals surface area contributed by atoms with Gasteiger partial charge in [-0.05, 0) is 49.4 Å². The molecule has 0 unspecified atom stereocenters. The summed E-state index contributed by atoms with van der Waals surface area (Å²) in [6.45, 7) is 1.90. The van der Waals surface area contributed by atoms with Gasteiger partial charge in [0.1, 0.15) is 11.5 Å². The zero-order chi connectivity index (χ0) is 23.4. The maximum atomic E-state index is 12.6. The van der Waals surface area contributed by atoms with E-state index in [9.17, 15) is 9.59 Å². The first kappa shape index (κ1) is 22.2. The van der Waals surface area contributed by atoms with Crippen molar-refractivity contribution in [3.05, 3.63) is 70.7 Å². The quantitative estimate of drug-likeness (QED) is 0.361. The summed E-state index contributed by atoms with van der Waals surface area (Å²) in [4.78, 5) is 28.3. The van der Waals surface area contributed by atoms with E-state index in [1.54, 1.807) is 73.4 Å². The van der Waals surface area contributed by atoms with E-state index in [4.69, 9.17) is 14.0 Å². The number of anilines is 1. The van der Waals surface area contributed by atoms with Gasteiger partial charge in [0.15, 0.2) is 5.82 Å². The van der Waals surface area contributed by atoms with Crippen LogP contribution in [0.3, 0.4) is 0 Å². The lowest BCUT2D eigenvalue weighted by Gasteiger charge is -2.09. The molecule has 0 fully saturated rings. The molecule has 2 aromatic heterocycles. The first-order valence-corrected chi connectivity index (χ1v) is 10.6. The molecular formula is C22H18BrN5O5. The van der Waals surface area contributed by atoms with Crippen molar-refractivity contribution in [3.8, 4) is 22.9 Å². The second kappa shape index (κ2) is 9.65. The van der Waals surface area contributed by atoms with Crippen LogP contribution in [-0.4, -0.2) is 38.4 Å². The maximum Gasteiger partial charge on any atom is 0.397 e. The molecule has 10 nitrogen and oxygen atoms in total. The van der Waals surface area contributed by atoms with E-state index < -0.39 is 5.97 Å². The molecule has 1 N–H and O–H groups in total. The molecule has 0 radical (unpaired) electrons. The lowest BCUT2D eigenvalue weighted by molar-refractivity contribution is 0.0470. The molecule has 0 aliphatic carbocycles. The Morgan fingerprint density at radius 3 is 2.61 bits per heavy atom. The topological polar surface area (TPSA) is 121 Å². The van der Waals surface area contributed by atoms with Gasteiger partial charge in [-0.1, -0.05) is 21.1 Å². The van der Waals surface area contributed by atoms with Crippen LogP contribution in [0, 0.1) is 0 Å². The minimum absolute atomic E-state index is 0.210. The van der Waals surface area contributed by atoms with E-state index >= 15 is 0 Å². The highest BCUT2D eigenvalue weighted by Gasteiger charge is 2.17. The Hall–Kier alpha value is -3.99. The predicted octanol–water partition coefficient (Wildman–Crippen LogP) is 4.45. The number of halogens is 1. The Bertz CT molecular complexity index is 1300. The number of nitrogens with zero attached hydrogens (tertiary/aromatic N) is 4. The Labute approximate surface area is 196 Å². The van der Waals surface area contributed by atoms with Crippen molar-refractivity contribution in [1.82, 2.24) is 19.9 Å². The van der Waals surface area contributed by atoms with Crippen LogP contribution in [-0.2, 0) is 11.8 Å². The summed E-state index contributed by atoms with van der Waals surface area (Å²) in [5.41, 5.74) is 1.03.